The maximum absolute atomic E-state index is 14.2. The van der Waals surface area contributed by atoms with Crippen LogP contribution in [0.2, 0.25) is 5.02 Å². The van der Waals surface area contributed by atoms with Crippen LogP contribution in [0.3, 0.4) is 0 Å². The summed E-state index contributed by atoms with van der Waals surface area (Å²) in [6.07, 6.45) is 6.36. The van der Waals surface area contributed by atoms with Crippen molar-refractivity contribution in [3.05, 3.63) is 87.2 Å². The molecule has 5 heterocycles. The third-order valence-corrected chi connectivity index (χ3v) is 10.8. The lowest BCUT2D eigenvalue weighted by Gasteiger charge is -2.32. The number of aryl methyl sites for hydroxylation is 1. The molecule has 1 aromatic carbocycles. The lowest BCUT2D eigenvalue weighted by molar-refractivity contribution is -0.191. The van der Waals surface area contributed by atoms with E-state index in [1.54, 1.807) is 23.4 Å². The largest absolute Gasteiger partial charge is 0.465 e. The molecule has 0 spiro atoms. The van der Waals surface area contributed by atoms with Crippen molar-refractivity contribution in [2.24, 2.45) is 4.99 Å². The Morgan fingerprint density at radius 3 is 2.63 bits per heavy atom. The average Bonchev–Trinajstić information content (AvgIpc) is 3.91. The van der Waals surface area contributed by atoms with Crippen LogP contribution < -0.4 is 0 Å². The van der Waals surface area contributed by atoms with Gasteiger partial charge in [0.05, 0.1) is 18.5 Å². The van der Waals surface area contributed by atoms with Crippen molar-refractivity contribution in [1.82, 2.24) is 33.8 Å². The summed E-state index contributed by atoms with van der Waals surface area (Å²) < 4.78 is 78.4. The quantitative estimate of drug-likeness (QED) is 0.183. The number of hydrogen-bond acceptors (Lipinski definition) is 12. The van der Waals surface area contributed by atoms with Crippen LogP contribution in [0.5, 0.6) is 0 Å². The van der Waals surface area contributed by atoms with Crippen LogP contribution in [0, 0.1) is 5.82 Å². The van der Waals surface area contributed by atoms with E-state index in [9.17, 15) is 26.4 Å². The molecule has 0 unspecified atom stereocenters. The minimum Gasteiger partial charge on any atom is -0.465 e. The first kappa shape index (κ1) is 37.6. The van der Waals surface area contributed by atoms with Gasteiger partial charge in [-0.05, 0) is 31.5 Å². The van der Waals surface area contributed by atoms with Gasteiger partial charge in [0.25, 0.3) is 0 Å². The lowest BCUT2D eigenvalue weighted by Crippen LogP contribution is -2.45. The summed E-state index contributed by atoms with van der Waals surface area (Å²) in [5, 5.41) is 10.6. The maximum Gasteiger partial charge on any atom is 0.373 e. The number of aliphatic imine (C=N–C) groups is 1. The topological polar surface area (TPSA) is 162 Å². The molecule has 3 aromatic heterocycles. The summed E-state index contributed by atoms with van der Waals surface area (Å²) in [7, 11) is -4.31. The van der Waals surface area contributed by atoms with Crippen LogP contribution in [-0.4, -0.2) is 85.9 Å². The molecule has 51 heavy (non-hydrogen) atoms. The predicted molar refractivity (Wildman–Crippen MR) is 176 cm³/mol. The third kappa shape index (κ3) is 7.97. The number of amidine groups is 1. The number of esters is 1. The molecule has 2 aliphatic heterocycles. The fraction of sp³-hybridized carbons (Fsp3) is 0.355. The van der Waals surface area contributed by atoms with E-state index in [2.05, 4.69) is 15.2 Å². The van der Waals surface area contributed by atoms with Gasteiger partial charge in [-0.15, -0.1) is 11.3 Å². The van der Waals surface area contributed by atoms with Crippen LogP contribution in [-0.2, 0) is 35.7 Å². The van der Waals surface area contributed by atoms with Gasteiger partial charge in [-0.3, -0.25) is 14.5 Å². The molecule has 0 amide bonds. The second-order valence-electron chi connectivity index (χ2n) is 11.0. The second kappa shape index (κ2) is 16.1. The van der Waals surface area contributed by atoms with Gasteiger partial charge < -0.3 is 9.64 Å². The fourth-order valence-corrected chi connectivity index (χ4v) is 8.26. The Balaban J connectivity index is 0.00000162. The molecule has 6 rings (SSSR count). The zero-order chi connectivity index (χ0) is 36.9. The molecule has 0 radical (unpaired) electrons. The van der Waals surface area contributed by atoms with E-state index in [0.29, 0.717) is 38.9 Å². The van der Waals surface area contributed by atoms with E-state index in [1.165, 1.54) is 46.6 Å². The van der Waals surface area contributed by atoms with Crippen molar-refractivity contribution in [3.63, 3.8) is 0 Å². The number of carbonyl (C=O) groups excluding carboxylic acids is 3. The Morgan fingerprint density at radius 1 is 1.24 bits per heavy atom. The van der Waals surface area contributed by atoms with Crippen LogP contribution >= 0.6 is 22.9 Å². The molecule has 2 atom stereocenters. The Labute approximate surface area is 298 Å². The van der Waals surface area contributed by atoms with Gasteiger partial charge in [-0.2, -0.15) is 32.9 Å². The smallest absolute Gasteiger partial charge is 0.373 e. The van der Waals surface area contributed by atoms with Crippen molar-refractivity contribution in [2.75, 3.05) is 19.7 Å². The van der Waals surface area contributed by atoms with Crippen molar-refractivity contribution >= 4 is 56.5 Å². The van der Waals surface area contributed by atoms with E-state index >= 15 is 0 Å². The number of fused-ring (bicyclic) bond motifs is 1. The molecule has 1 fully saturated rings. The molecule has 14 nitrogen and oxygen atoms in total. The maximum atomic E-state index is 14.2. The van der Waals surface area contributed by atoms with Gasteiger partial charge in [0, 0.05) is 71.4 Å². The van der Waals surface area contributed by atoms with Gasteiger partial charge in [-0.1, -0.05) is 24.6 Å². The van der Waals surface area contributed by atoms with E-state index in [-0.39, 0.29) is 41.3 Å². The Morgan fingerprint density at radius 2 is 2.00 bits per heavy atom. The van der Waals surface area contributed by atoms with Gasteiger partial charge in [0.15, 0.2) is 10.8 Å². The van der Waals surface area contributed by atoms with Crippen LogP contribution in [0.1, 0.15) is 55.5 Å². The summed E-state index contributed by atoms with van der Waals surface area (Å²) in [4.78, 5) is 40.2. The molecule has 0 saturated carbocycles. The number of sulfonamides is 1. The molecule has 0 aliphatic carbocycles. The van der Waals surface area contributed by atoms with Crippen LogP contribution in [0.25, 0.3) is 5.57 Å². The number of hydrogen-bond donors (Lipinski definition) is 0. The minimum atomic E-state index is -4.31. The fourth-order valence-electron chi connectivity index (χ4n) is 5.84. The first-order chi connectivity index (χ1) is 24.4. The summed E-state index contributed by atoms with van der Waals surface area (Å²) >= 11 is 7.84. The van der Waals surface area contributed by atoms with Crippen molar-refractivity contribution in [1.29, 1.82) is 0 Å². The number of halogens is 4. The average molecular weight is 767 g/mol. The number of carbonyl (C=O) groups is 1. The molecule has 270 valence electrons. The second-order valence-corrected chi connectivity index (χ2v) is 14.2. The van der Waals surface area contributed by atoms with Gasteiger partial charge in [-0.25, -0.2) is 22.5 Å². The number of ether oxygens (including phenoxy) is 1. The number of benzene rings is 1. The number of aromatic nitrogens is 5. The van der Waals surface area contributed by atoms with E-state index in [4.69, 9.17) is 30.9 Å². The van der Waals surface area contributed by atoms with Crippen molar-refractivity contribution < 1.29 is 40.7 Å². The predicted octanol–water partition coefficient (Wildman–Crippen LogP) is 4.79. The molecule has 4 aromatic rings. The summed E-state index contributed by atoms with van der Waals surface area (Å²) in [5.41, 5.74) is 1.40. The van der Waals surface area contributed by atoms with Crippen LogP contribution in [0.4, 0.5) is 13.2 Å². The lowest BCUT2D eigenvalue weighted by atomic mass is 9.92. The monoisotopic (exact) mass is 766 g/mol. The molecule has 2 aliphatic rings. The standard InChI is InChI=1S/C30H30ClF3N8O4S2.CO2/c1-3-9-39-16-20(14-36-39)48(44,45)42(17-25(43)46-4-2)19-13-24-26(23-7-10-41(38-23)30(33)34)27(21-6-5-18(32)12-22(21)31)37-28(40(24)15-19)29-35-8-11-47-29;2-1-3/h5-8,10-12,14,16,19,27,30H,3-4,9,13,15,17H2,1-2H3;/t19-,27-;/m0./s1. The molecule has 0 bridgehead atoms. The Bertz CT molecular complexity index is 2080. The number of nitrogens with zero attached hydrogens (tertiary/aromatic N) is 8. The molecule has 1 saturated heterocycles. The molecule has 0 N–H and O–H groups in total. The number of thiazole rings is 1. The van der Waals surface area contributed by atoms with Gasteiger partial charge in [0.2, 0.25) is 10.0 Å². The minimum absolute atomic E-state index is 0.0261. The molecule has 20 heteroatoms. The Hall–Kier alpha value is -4.68. The first-order valence-electron chi connectivity index (χ1n) is 15.4. The van der Waals surface area contributed by atoms with E-state index in [1.807, 2.05) is 6.92 Å². The zero-order valence-electron chi connectivity index (χ0n) is 27.0. The highest BCUT2D eigenvalue weighted by Gasteiger charge is 2.46. The Kier molecular flexibility index (Phi) is 11.9. The first-order valence-corrected chi connectivity index (χ1v) is 18.1. The number of rotatable bonds is 12. The normalized spacial score (nSPS) is 17.3. The van der Waals surface area contributed by atoms with E-state index in [0.717, 1.165) is 23.0 Å². The summed E-state index contributed by atoms with van der Waals surface area (Å²) in [5.74, 6) is -0.958. The highest BCUT2D eigenvalue weighted by Crippen LogP contribution is 2.47. The molecular weight excluding hydrogens is 737 g/mol. The highest BCUT2D eigenvalue weighted by molar-refractivity contribution is 7.89. The van der Waals surface area contributed by atoms with Crippen LogP contribution in [0.15, 0.2) is 70.0 Å². The molecular formula is C31H30ClF3N8O6S2. The number of alkyl halides is 2. The van der Waals surface area contributed by atoms with E-state index < -0.39 is 47.0 Å². The summed E-state index contributed by atoms with van der Waals surface area (Å²) in [6.45, 7) is 0.594. The SMILES string of the molecule is CCCn1cc(S(=O)(=O)N(CC(=O)OCC)[C@H]2CC3=C(c4ccn(C(F)F)n4)[C@H](c4ccc(F)cc4Cl)N=C(c4nccs4)N3C2)cn1.O=C=O. The van der Waals surface area contributed by atoms with Gasteiger partial charge >= 0.3 is 18.7 Å². The summed E-state index contributed by atoms with van der Waals surface area (Å²) in [6, 6.07) is 3.41. The third-order valence-electron chi connectivity index (χ3n) is 7.87. The van der Waals surface area contributed by atoms with Crippen molar-refractivity contribution in [3.8, 4) is 0 Å². The van der Waals surface area contributed by atoms with Gasteiger partial charge in [0.1, 0.15) is 23.3 Å². The van der Waals surface area contributed by atoms with Crippen molar-refractivity contribution in [2.45, 2.75) is 56.8 Å². The zero-order valence-corrected chi connectivity index (χ0v) is 29.4. The highest BCUT2D eigenvalue weighted by atomic mass is 35.5.